The van der Waals surface area contributed by atoms with E-state index in [1.54, 1.807) is 6.07 Å². The first kappa shape index (κ1) is 13.2. The van der Waals surface area contributed by atoms with Gasteiger partial charge in [0.2, 0.25) is 0 Å². The van der Waals surface area contributed by atoms with Gasteiger partial charge in [-0.2, -0.15) is 0 Å². The molecule has 0 aliphatic carbocycles. The minimum Gasteiger partial charge on any atom is -0.465 e. The average Bonchev–Trinajstić information content (AvgIpc) is 2.34. The molecule has 0 fully saturated rings. The number of carbonyl (C=O) groups is 1. The number of benzene rings is 1. The molecule has 0 unspecified atom stereocenters. The highest BCUT2D eigenvalue weighted by Gasteiger charge is 2.11. The summed E-state index contributed by atoms with van der Waals surface area (Å²) in [7, 11) is 3.06. The number of ether oxygens (including phenoxy) is 1. The maximum Gasteiger partial charge on any atom is 0.340 e. The highest BCUT2D eigenvalue weighted by atomic mass is 19.1. The molecule has 0 radical (unpaired) electrons. The SMILES string of the molecule is CNCCC#Cc1ccc(C(=O)OC)c(F)c1. The Morgan fingerprint density at radius 3 is 2.88 bits per heavy atom. The van der Waals surface area contributed by atoms with E-state index in [0.717, 1.165) is 6.54 Å². The van der Waals surface area contributed by atoms with E-state index in [9.17, 15) is 9.18 Å². The van der Waals surface area contributed by atoms with Gasteiger partial charge in [-0.05, 0) is 25.2 Å². The molecule has 0 saturated heterocycles. The van der Waals surface area contributed by atoms with Crippen molar-refractivity contribution in [3.8, 4) is 11.8 Å². The van der Waals surface area contributed by atoms with Crippen LogP contribution in [-0.2, 0) is 4.74 Å². The van der Waals surface area contributed by atoms with Gasteiger partial charge < -0.3 is 10.1 Å². The molecule has 1 aromatic carbocycles. The normalized spacial score (nSPS) is 9.35. The molecule has 1 aromatic rings. The van der Waals surface area contributed by atoms with Gasteiger partial charge in [-0.3, -0.25) is 0 Å². The summed E-state index contributed by atoms with van der Waals surface area (Å²) in [5, 5.41) is 2.96. The molecule has 0 amide bonds. The predicted molar refractivity (Wildman–Crippen MR) is 63.2 cm³/mol. The van der Waals surface area contributed by atoms with Gasteiger partial charge in [0.25, 0.3) is 0 Å². The Hall–Kier alpha value is -1.86. The zero-order valence-electron chi connectivity index (χ0n) is 9.84. The van der Waals surface area contributed by atoms with Gasteiger partial charge >= 0.3 is 5.97 Å². The first-order valence-corrected chi connectivity index (χ1v) is 5.20. The van der Waals surface area contributed by atoms with Crippen LogP contribution in [0.2, 0.25) is 0 Å². The van der Waals surface area contributed by atoms with Crippen LogP contribution in [0.1, 0.15) is 22.3 Å². The Kier molecular flexibility index (Phi) is 5.18. The number of carbonyl (C=O) groups excluding carboxylic acids is 1. The molecule has 4 heteroatoms. The van der Waals surface area contributed by atoms with Crippen molar-refractivity contribution in [3.63, 3.8) is 0 Å². The van der Waals surface area contributed by atoms with Crippen molar-refractivity contribution in [1.29, 1.82) is 0 Å². The van der Waals surface area contributed by atoms with E-state index in [-0.39, 0.29) is 5.56 Å². The molecule has 3 nitrogen and oxygen atoms in total. The fraction of sp³-hybridized carbons (Fsp3) is 0.308. The second-order valence-electron chi connectivity index (χ2n) is 3.34. The van der Waals surface area contributed by atoms with Crippen molar-refractivity contribution >= 4 is 5.97 Å². The van der Waals surface area contributed by atoms with Crippen molar-refractivity contribution < 1.29 is 13.9 Å². The Morgan fingerprint density at radius 1 is 1.53 bits per heavy atom. The van der Waals surface area contributed by atoms with Crippen LogP contribution in [-0.4, -0.2) is 26.7 Å². The van der Waals surface area contributed by atoms with Gasteiger partial charge in [-0.15, -0.1) is 0 Å². The maximum absolute atomic E-state index is 13.5. The van der Waals surface area contributed by atoms with E-state index in [0.29, 0.717) is 12.0 Å². The van der Waals surface area contributed by atoms with Crippen molar-refractivity contribution in [2.75, 3.05) is 20.7 Å². The van der Waals surface area contributed by atoms with Crippen LogP contribution in [0.5, 0.6) is 0 Å². The molecule has 0 spiro atoms. The summed E-state index contributed by atoms with van der Waals surface area (Å²) in [5.41, 5.74) is 0.472. The van der Waals surface area contributed by atoms with E-state index < -0.39 is 11.8 Å². The number of rotatable bonds is 3. The molecule has 1 N–H and O–H groups in total. The summed E-state index contributed by atoms with van der Waals surface area (Å²) in [6, 6.07) is 4.21. The van der Waals surface area contributed by atoms with Crippen LogP contribution in [0, 0.1) is 17.7 Å². The molecule has 0 aliphatic heterocycles. The van der Waals surface area contributed by atoms with Crippen LogP contribution in [0.25, 0.3) is 0 Å². The Morgan fingerprint density at radius 2 is 2.29 bits per heavy atom. The van der Waals surface area contributed by atoms with Crippen LogP contribution in [0.15, 0.2) is 18.2 Å². The summed E-state index contributed by atoms with van der Waals surface area (Å²) < 4.78 is 17.9. The molecule has 0 saturated carbocycles. The van der Waals surface area contributed by atoms with Crippen molar-refractivity contribution in [1.82, 2.24) is 5.32 Å². The predicted octanol–water partition coefficient (Wildman–Crippen LogP) is 1.57. The highest BCUT2D eigenvalue weighted by Crippen LogP contribution is 2.10. The number of hydrogen-bond acceptors (Lipinski definition) is 3. The lowest BCUT2D eigenvalue weighted by Crippen LogP contribution is -2.06. The first-order valence-electron chi connectivity index (χ1n) is 5.20. The number of nitrogens with one attached hydrogen (secondary N) is 1. The summed E-state index contributed by atoms with van der Waals surface area (Å²) in [5.74, 6) is 4.42. The van der Waals surface area contributed by atoms with Gasteiger partial charge in [0.05, 0.1) is 12.7 Å². The molecule has 0 aliphatic rings. The number of hydrogen-bond donors (Lipinski definition) is 1. The molecular formula is C13H14FNO2. The van der Waals surface area contributed by atoms with Gasteiger partial charge in [-0.25, -0.2) is 9.18 Å². The maximum atomic E-state index is 13.5. The number of methoxy groups -OCH3 is 1. The Bertz CT molecular complexity index is 460. The number of esters is 1. The molecule has 1 rings (SSSR count). The molecule has 17 heavy (non-hydrogen) atoms. The second kappa shape index (κ2) is 6.66. The quantitative estimate of drug-likeness (QED) is 0.491. The number of halogens is 1. The Balaban J connectivity index is 2.81. The molecule has 90 valence electrons. The fourth-order valence-corrected chi connectivity index (χ4v) is 1.22. The molecule has 0 bridgehead atoms. The third-order valence-electron chi connectivity index (χ3n) is 2.11. The molecule has 0 atom stereocenters. The molecule has 0 heterocycles. The van der Waals surface area contributed by atoms with E-state index in [2.05, 4.69) is 21.9 Å². The van der Waals surface area contributed by atoms with E-state index in [1.807, 2.05) is 7.05 Å². The minimum atomic E-state index is -0.683. The lowest BCUT2D eigenvalue weighted by atomic mass is 10.1. The van der Waals surface area contributed by atoms with Gasteiger partial charge in [0, 0.05) is 18.5 Å². The zero-order chi connectivity index (χ0) is 12.7. The Labute approximate surface area is 100.0 Å². The molecular weight excluding hydrogens is 221 g/mol. The monoisotopic (exact) mass is 235 g/mol. The van der Waals surface area contributed by atoms with Crippen LogP contribution >= 0.6 is 0 Å². The summed E-state index contributed by atoms with van der Waals surface area (Å²) in [6.45, 7) is 0.787. The van der Waals surface area contributed by atoms with Crippen molar-refractivity contribution in [3.05, 3.63) is 35.1 Å². The third kappa shape index (κ3) is 3.89. The van der Waals surface area contributed by atoms with Gasteiger partial charge in [0.15, 0.2) is 0 Å². The van der Waals surface area contributed by atoms with Crippen molar-refractivity contribution in [2.24, 2.45) is 0 Å². The van der Waals surface area contributed by atoms with Crippen LogP contribution in [0.4, 0.5) is 4.39 Å². The highest BCUT2D eigenvalue weighted by molar-refractivity contribution is 5.89. The summed E-state index contributed by atoms with van der Waals surface area (Å²) in [4.78, 5) is 11.1. The average molecular weight is 235 g/mol. The standard InChI is InChI=1S/C13H14FNO2/c1-15-8-4-3-5-10-6-7-11(12(14)9-10)13(16)17-2/h6-7,9,15H,4,8H2,1-2H3. The second-order valence-corrected chi connectivity index (χ2v) is 3.34. The lowest BCUT2D eigenvalue weighted by Gasteiger charge is -2.00. The fourth-order valence-electron chi connectivity index (χ4n) is 1.22. The van der Waals surface area contributed by atoms with Crippen LogP contribution < -0.4 is 5.32 Å². The zero-order valence-corrected chi connectivity index (χ0v) is 9.84. The third-order valence-corrected chi connectivity index (χ3v) is 2.11. The van der Waals surface area contributed by atoms with Crippen LogP contribution in [0.3, 0.4) is 0 Å². The summed E-state index contributed by atoms with van der Waals surface area (Å²) in [6.07, 6.45) is 0.691. The van der Waals surface area contributed by atoms with Crippen molar-refractivity contribution in [2.45, 2.75) is 6.42 Å². The lowest BCUT2D eigenvalue weighted by molar-refractivity contribution is 0.0595. The summed E-state index contributed by atoms with van der Waals surface area (Å²) >= 11 is 0. The first-order chi connectivity index (χ1) is 8.19. The van der Waals surface area contributed by atoms with Gasteiger partial charge in [-0.1, -0.05) is 11.8 Å². The minimum absolute atomic E-state index is 0.0757. The topological polar surface area (TPSA) is 38.3 Å². The van der Waals surface area contributed by atoms with E-state index in [4.69, 9.17) is 0 Å². The molecule has 0 aromatic heterocycles. The smallest absolute Gasteiger partial charge is 0.340 e. The van der Waals surface area contributed by atoms with E-state index in [1.165, 1.54) is 19.2 Å². The van der Waals surface area contributed by atoms with Gasteiger partial charge in [0.1, 0.15) is 5.82 Å². The largest absolute Gasteiger partial charge is 0.465 e. The van der Waals surface area contributed by atoms with E-state index >= 15 is 0 Å².